The summed E-state index contributed by atoms with van der Waals surface area (Å²) in [6.45, 7) is 8.09. The molecule has 2 amide bonds. The summed E-state index contributed by atoms with van der Waals surface area (Å²) in [5.41, 5.74) is 5.46. The van der Waals surface area contributed by atoms with E-state index in [1.807, 2.05) is 42.5 Å². The van der Waals surface area contributed by atoms with E-state index in [4.69, 9.17) is 9.84 Å². The Bertz CT molecular complexity index is 1120. The van der Waals surface area contributed by atoms with Gasteiger partial charge in [-0.1, -0.05) is 30.3 Å². The van der Waals surface area contributed by atoms with Gasteiger partial charge in [-0.05, 0) is 56.2 Å². The molecular weight excluding hydrogens is 404 g/mol. The number of rotatable bonds is 4. The summed E-state index contributed by atoms with van der Waals surface area (Å²) in [4.78, 5) is 28.9. The summed E-state index contributed by atoms with van der Waals surface area (Å²) >= 11 is 0. The molecule has 1 aliphatic heterocycles. The van der Waals surface area contributed by atoms with E-state index in [-0.39, 0.29) is 12.0 Å². The quantitative estimate of drug-likeness (QED) is 0.623. The monoisotopic (exact) mass is 432 g/mol. The predicted octanol–water partition coefficient (Wildman–Crippen LogP) is 4.07. The summed E-state index contributed by atoms with van der Waals surface area (Å²) < 4.78 is 6.79. The fourth-order valence-corrected chi connectivity index (χ4v) is 3.81. The van der Waals surface area contributed by atoms with Crippen molar-refractivity contribution < 1.29 is 14.3 Å². The SMILES string of the molecule is CCOC(=O)N1CCN(C(=O)c2cc(-c3ccc(C)c(C)c3)nn2-c2ccccc2)CC1. The van der Waals surface area contributed by atoms with Gasteiger partial charge in [0.25, 0.3) is 5.91 Å². The van der Waals surface area contributed by atoms with Gasteiger partial charge < -0.3 is 14.5 Å². The van der Waals surface area contributed by atoms with E-state index in [1.54, 1.807) is 21.4 Å². The van der Waals surface area contributed by atoms with E-state index >= 15 is 0 Å². The van der Waals surface area contributed by atoms with Gasteiger partial charge in [0.1, 0.15) is 5.69 Å². The van der Waals surface area contributed by atoms with Crippen LogP contribution in [0.15, 0.2) is 54.6 Å². The molecule has 1 aliphatic rings. The van der Waals surface area contributed by atoms with Crippen molar-refractivity contribution in [3.63, 3.8) is 0 Å². The molecule has 1 fully saturated rings. The van der Waals surface area contributed by atoms with Crippen molar-refractivity contribution in [3.8, 4) is 16.9 Å². The maximum absolute atomic E-state index is 13.5. The highest BCUT2D eigenvalue weighted by molar-refractivity contribution is 5.94. The molecule has 0 saturated carbocycles. The Morgan fingerprint density at radius 1 is 0.906 bits per heavy atom. The van der Waals surface area contributed by atoms with Crippen molar-refractivity contribution in [1.29, 1.82) is 0 Å². The number of para-hydroxylation sites is 1. The number of hydrogen-bond donors (Lipinski definition) is 0. The van der Waals surface area contributed by atoms with E-state index in [2.05, 4.69) is 26.0 Å². The lowest BCUT2D eigenvalue weighted by Gasteiger charge is -2.34. The first-order chi connectivity index (χ1) is 15.5. The Morgan fingerprint density at radius 3 is 2.25 bits per heavy atom. The zero-order chi connectivity index (χ0) is 22.7. The maximum atomic E-state index is 13.5. The van der Waals surface area contributed by atoms with Gasteiger partial charge in [-0.2, -0.15) is 5.10 Å². The van der Waals surface area contributed by atoms with Crippen LogP contribution in [0.3, 0.4) is 0 Å². The second-order valence-corrected chi connectivity index (χ2v) is 7.94. The van der Waals surface area contributed by atoms with Gasteiger partial charge in [0, 0.05) is 31.7 Å². The minimum atomic E-state index is -0.328. The van der Waals surface area contributed by atoms with Gasteiger partial charge in [0.2, 0.25) is 0 Å². The van der Waals surface area contributed by atoms with Gasteiger partial charge in [0.15, 0.2) is 0 Å². The Kier molecular flexibility index (Phi) is 6.25. The summed E-state index contributed by atoms with van der Waals surface area (Å²) in [7, 11) is 0. The fraction of sp³-hybridized carbons (Fsp3) is 0.320. The fourth-order valence-electron chi connectivity index (χ4n) is 3.81. The molecule has 7 heteroatoms. The number of amides is 2. The van der Waals surface area contributed by atoms with Crippen molar-refractivity contribution in [3.05, 3.63) is 71.4 Å². The van der Waals surface area contributed by atoms with Crippen LogP contribution in [0.5, 0.6) is 0 Å². The Labute approximate surface area is 188 Å². The van der Waals surface area contributed by atoms with Gasteiger partial charge >= 0.3 is 6.09 Å². The van der Waals surface area contributed by atoms with Crippen LogP contribution >= 0.6 is 0 Å². The third kappa shape index (κ3) is 4.37. The smallest absolute Gasteiger partial charge is 0.409 e. The normalized spacial score (nSPS) is 13.8. The number of aromatic nitrogens is 2. The Morgan fingerprint density at radius 2 is 1.59 bits per heavy atom. The van der Waals surface area contributed by atoms with Gasteiger partial charge in [-0.25, -0.2) is 9.48 Å². The number of hydrogen-bond acceptors (Lipinski definition) is 4. The largest absolute Gasteiger partial charge is 0.450 e. The van der Waals surface area contributed by atoms with Crippen LogP contribution in [0.25, 0.3) is 16.9 Å². The molecule has 2 heterocycles. The molecule has 0 radical (unpaired) electrons. The molecule has 0 aliphatic carbocycles. The van der Waals surface area contributed by atoms with Crippen molar-refractivity contribution in [2.75, 3.05) is 32.8 Å². The lowest BCUT2D eigenvalue weighted by Crippen LogP contribution is -2.51. The molecule has 1 saturated heterocycles. The molecular formula is C25H28N4O3. The average molecular weight is 433 g/mol. The number of nitrogens with zero attached hydrogens (tertiary/aromatic N) is 4. The first-order valence-corrected chi connectivity index (χ1v) is 10.9. The van der Waals surface area contributed by atoms with Crippen LogP contribution < -0.4 is 0 Å². The molecule has 4 rings (SSSR count). The molecule has 0 atom stereocenters. The van der Waals surface area contributed by atoms with Gasteiger partial charge in [-0.3, -0.25) is 4.79 Å². The minimum absolute atomic E-state index is 0.0973. The van der Waals surface area contributed by atoms with Crippen molar-refractivity contribution >= 4 is 12.0 Å². The first kappa shape index (κ1) is 21.6. The van der Waals surface area contributed by atoms with Crippen LogP contribution in [0.4, 0.5) is 4.79 Å². The number of carbonyl (C=O) groups is 2. The van der Waals surface area contributed by atoms with Crippen LogP contribution in [0.1, 0.15) is 28.5 Å². The van der Waals surface area contributed by atoms with Crippen LogP contribution in [-0.4, -0.2) is 64.4 Å². The lowest BCUT2D eigenvalue weighted by atomic mass is 10.0. The molecule has 7 nitrogen and oxygen atoms in total. The molecule has 0 N–H and O–H groups in total. The molecule has 32 heavy (non-hydrogen) atoms. The summed E-state index contributed by atoms with van der Waals surface area (Å²) in [6.07, 6.45) is -0.328. The van der Waals surface area contributed by atoms with Gasteiger partial charge in [0.05, 0.1) is 18.0 Å². The summed E-state index contributed by atoms with van der Waals surface area (Å²) in [5, 5.41) is 4.79. The molecule has 0 unspecified atom stereocenters. The molecule has 166 valence electrons. The first-order valence-electron chi connectivity index (χ1n) is 10.9. The standard InChI is InChI=1S/C25H28N4O3/c1-4-32-25(31)28-14-12-27(13-15-28)24(30)23-17-22(20-11-10-18(2)19(3)16-20)26-29(23)21-8-6-5-7-9-21/h5-11,16-17H,4,12-15H2,1-3H3. The van der Waals surface area contributed by atoms with Crippen LogP contribution in [-0.2, 0) is 4.74 Å². The molecule has 2 aromatic carbocycles. The van der Waals surface area contributed by atoms with E-state index in [0.717, 1.165) is 16.9 Å². The Hall–Kier alpha value is -3.61. The maximum Gasteiger partial charge on any atom is 0.409 e. The molecule has 0 spiro atoms. The number of ether oxygens (including phenoxy) is 1. The number of carbonyl (C=O) groups excluding carboxylic acids is 2. The zero-order valence-electron chi connectivity index (χ0n) is 18.7. The van der Waals surface area contributed by atoms with E-state index in [1.165, 1.54) is 11.1 Å². The highest BCUT2D eigenvalue weighted by Gasteiger charge is 2.28. The van der Waals surface area contributed by atoms with Crippen LogP contribution in [0, 0.1) is 13.8 Å². The molecule has 3 aromatic rings. The van der Waals surface area contributed by atoms with Crippen molar-refractivity contribution in [2.45, 2.75) is 20.8 Å². The number of piperazine rings is 1. The highest BCUT2D eigenvalue weighted by atomic mass is 16.6. The van der Waals surface area contributed by atoms with E-state index in [9.17, 15) is 9.59 Å². The second kappa shape index (κ2) is 9.26. The number of benzene rings is 2. The predicted molar refractivity (Wildman–Crippen MR) is 123 cm³/mol. The highest BCUT2D eigenvalue weighted by Crippen LogP contribution is 2.25. The lowest BCUT2D eigenvalue weighted by molar-refractivity contribution is 0.0563. The molecule has 1 aromatic heterocycles. The van der Waals surface area contributed by atoms with Crippen molar-refractivity contribution in [2.24, 2.45) is 0 Å². The zero-order valence-corrected chi connectivity index (χ0v) is 18.7. The summed E-state index contributed by atoms with van der Waals surface area (Å²) in [5.74, 6) is -0.0973. The van der Waals surface area contributed by atoms with Gasteiger partial charge in [-0.15, -0.1) is 0 Å². The summed E-state index contributed by atoms with van der Waals surface area (Å²) in [6, 6.07) is 17.7. The third-order valence-corrected chi connectivity index (χ3v) is 5.82. The topological polar surface area (TPSA) is 67.7 Å². The van der Waals surface area contributed by atoms with E-state index < -0.39 is 0 Å². The third-order valence-electron chi connectivity index (χ3n) is 5.82. The van der Waals surface area contributed by atoms with Crippen LogP contribution in [0.2, 0.25) is 0 Å². The van der Waals surface area contributed by atoms with E-state index in [0.29, 0.717) is 38.5 Å². The Balaban J connectivity index is 1.64. The number of aryl methyl sites for hydroxylation is 2. The average Bonchev–Trinajstić information content (AvgIpc) is 3.27. The second-order valence-electron chi connectivity index (χ2n) is 7.94. The molecule has 0 bridgehead atoms. The van der Waals surface area contributed by atoms with Crippen molar-refractivity contribution in [1.82, 2.24) is 19.6 Å². The minimum Gasteiger partial charge on any atom is -0.450 e.